The quantitative estimate of drug-likeness (QED) is 0.854. The molecule has 0 aliphatic carbocycles. The van der Waals surface area contributed by atoms with Gasteiger partial charge >= 0.3 is 0 Å². The molecule has 1 N–H and O–H groups in total. The van der Waals surface area contributed by atoms with Gasteiger partial charge in [-0.15, -0.1) is 0 Å². The van der Waals surface area contributed by atoms with Gasteiger partial charge in [0.15, 0.2) is 0 Å². The second-order valence-electron chi connectivity index (χ2n) is 5.24. The van der Waals surface area contributed by atoms with Gasteiger partial charge in [0, 0.05) is 18.2 Å². The van der Waals surface area contributed by atoms with Gasteiger partial charge in [0.05, 0.1) is 7.11 Å². The zero-order chi connectivity index (χ0) is 12.9. The van der Waals surface area contributed by atoms with Gasteiger partial charge in [-0.05, 0) is 39.8 Å². The smallest absolute Gasteiger partial charge is 0.123 e. The van der Waals surface area contributed by atoms with Crippen LogP contribution < -0.4 is 14.8 Å². The van der Waals surface area contributed by atoms with Crippen molar-refractivity contribution in [2.24, 2.45) is 0 Å². The lowest BCUT2D eigenvalue weighted by molar-refractivity contribution is 0.202. The van der Waals surface area contributed by atoms with Crippen molar-refractivity contribution in [3.8, 4) is 11.5 Å². The first-order valence-corrected chi connectivity index (χ1v) is 5.96. The topological polar surface area (TPSA) is 30.5 Å². The molecule has 3 heteroatoms. The SMILES string of the molecule is COc1cccc(OC(C)CNC(C)(C)C)c1. The third kappa shape index (κ3) is 5.59. The van der Waals surface area contributed by atoms with E-state index < -0.39 is 0 Å². The summed E-state index contributed by atoms with van der Waals surface area (Å²) in [6.07, 6.45) is 0.126. The fraction of sp³-hybridized carbons (Fsp3) is 0.571. The van der Waals surface area contributed by atoms with Crippen LogP contribution in [0.3, 0.4) is 0 Å². The Morgan fingerprint density at radius 1 is 1.24 bits per heavy atom. The molecule has 0 aromatic heterocycles. The summed E-state index contributed by atoms with van der Waals surface area (Å²) in [6.45, 7) is 9.31. The zero-order valence-electron chi connectivity index (χ0n) is 11.4. The van der Waals surface area contributed by atoms with Gasteiger partial charge in [-0.3, -0.25) is 0 Å². The molecule has 0 saturated heterocycles. The highest BCUT2D eigenvalue weighted by atomic mass is 16.5. The van der Waals surface area contributed by atoms with Gasteiger partial charge in [-0.2, -0.15) is 0 Å². The van der Waals surface area contributed by atoms with Crippen LogP contribution in [0.15, 0.2) is 24.3 Å². The van der Waals surface area contributed by atoms with E-state index in [-0.39, 0.29) is 11.6 Å². The van der Waals surface area contributed by atoms with Gasteiger partial charge in [0.1, 0.15) is 17.6 Å². The van der Waals surface area contributed by atoms with Gasteiger partial charge in [0.2, 0.25) is 0 Å². The average molecular weight is 237 g/mol. The van der Waals surface area contributed by atoms with Crippen LogP contribution >= 0.6 is 0 Å². The number of methoxy groups -OCH3 is 1. The lowest BCUT2D eigenvalue weighted by Crippen LogP contribution is -2.41. The van der Waals surface area contributed by atoms with Crippen molar-refractivity contribution in [3.63, 3.8) is 0 Å². The summed E-state index contributed by atoms with van der Waals surface area (Å²) in [5, 5.41) is 3.41. The van der Waals surface area contributed by atoms with E-state index in [2.05, 4.69) is 33.0 Å². The molecule has 1 unspecified atom stereocenters. The number of benzene rings is 1. The molecule has 1 rings (SSSR count). The molecule has 0 radical (unpaired) electrons. The van der Waals surface area contributed by atoms with Crippen molar-refractivity contribution < 1.29 is 9.47 Å². The lowest BCUT2D eigenvalue weighted by Gasteiger charge is -2.24. The highest BCUT2D eigenvalue weighted by Gasteiger charge is 2.12. The lowest BCUT2D eigenvalue weighted by atomic mass is 10.1. The van der Waals surface area contributed by atoms with Crippen LogP contribution in [-0.2, 0) is 0 Å². The molecule has 0 fully saturated rings. The first-order valence-electron chi connectivity index (χ1n) is 5.96. The van der Waals surface area contributed by atoms with E-state index in [1.807, 2.05) is 24.3 Å². The summed E-state index contributed by atoms with van der Waals surface area (Å²) in [4.78, 5) is 0. The van der Waals surface area contributed by atoms with E-state index in [0.29, 0.717) is 0 Å². The van der Waals surface area contributed by atoms with Crippen molar-refractivity contribution in [1.29, 1.82) is 0 Å². The monoisotopic (exact) mass is 237 g/mol. The Hall–Kier alpha value is -1.22. The molecule has 1 atom stereocenters. The van der Waals surface area contributed by atoms with Gasteiger partial charge in [0.25, 0.3) is 0 Å². The Morgan fingerprint density at radius 2 is 1.88 bits per heavy atom. The molecule has 0 aliphatic heterocycles. The number of ether oxygens (including phenoxy) is 2. The number of nitrogens with one attached hydrogen (secondary N) is 1. The maximum atomic E-state index is 5.81. The van der Waals surface area contributed by atoms with E-state index >= 15 is 0 Å². The largest absolute Gasteiger partial charge is 0.497 e. The van der Waals surface area contributed by atoms with Crippen LogP contribution in [-0.4, -0.2) is 25.3 Å². The predicted octanol–water partition coefficient (Wildman–Crippen LogP) is 2.85. The minimum absolute atomic E-state index is 0.117. The third-order valence-corrected chi connectivity index (χ3v) is 2.30. The second-order valence-corrected chi connectivity index (χ2v) is 5.24. The van der Waals surface area contributed by atoms with Crippen molar-refractivity contribution in [2.75, 3.05) is 13.7 Å². The summed E-state index contributed by atoms with van der Waals surface area (Å²) in [5.74, 6) is 1.66. The molecule has 0 aliphatic rings. The maximum Gasteiger partial charge on any atom is 0.123 e. The fourth-order valence-electron chi connectivity index (χ4n) is 1.40. The maximum absolute atomic E-state index is 5.81. The Labute approximate surface area is 104 Å². The van der Waals surface area contributed by atoms with Crippen molar-refractivity contribution in [2.45, 2.75) is 39.3 Å². The Balaban J connectivity index is 2.47. The van der Waals surface area contributed by atoms with Crippen molar-refractivity contribution in [3.05, 3.63) is 24.3 Å². The molecule has 0 amide bonds. The van der Waals surface area contributed by atoms with Gasteiger partial charge in [-0.1, -0.05) is 6.07 Å². The van der Waals surface area contributed by atoms with E-state index in [1.165, 1.54) is 0 Å². The van der Waals surface area contributed by atoms with Crippen molar-refractivity contribution in [1.82, 2.24) is 5.32 Å². The minimum Gasteiger partial charge on any atom is -0.497 e. The normalized spacial score (nSPS) is 13.2. The van der Waals surface area contributed by atoms with E-state index in [0.717, 1.165) is 18.0 Å². The molecular weight excluding hydrogens is 214 g/mol. The number of rotatable bonds is 5. The standard InChI is InChI=1S/C14H23NO2/c1-11(10-15-14(2,3)4)17-13-8-6-7-12(9-13)16-5/h6-9,11,15H,10H2,1-5H3. The van der Waals surface area contributed by atoms with Crippen LogP contribution in [0.1, 0.15) is 27.7 Å². The number of hydrogen-bond acceptors (Lipinski definition) is 3. The molecule has 17 heavy (non-hydrogen) atoms. The molecule has 0 heterocycles. The van der Waals surface area contributed by atoms with E-state index in [4.69, 9.17) is 9.47 Å². The first-order chi connectivity index (χ1) is 7.90. The Morgan fingerprint density at radius 3 is 2.47 bits per heavy atom. The second kappa shape index (κ2) is 5.92. The molecule has 1 aromatic rings. The summed E-state index contributed by atoms with van der Waals surface area (Å²) in [6, 6.07) is 7.67. The molecule has 0 bridgehead atoms. The molecule has 0 spiro atoms. The summed E-state index contributed by atoms with van der Waals surface area (Å²) < 4.78 is 11.0. The van der Waals surface area contributed by atoms with Crippen LogP contribution in [0.4, 0.5) is 0 Å². The van der Waals surface area contributed by atoms with Crippen LogP contribution in [0.5, 0.6) is 11.5 Å². The molecule has 3 nitrogen and oxygen atoms in total. The van der Waals surface area contributed by atoms with Crippen LogP contribution in [0, 0.1) is 0 Å². The first kappa shape index (κ1) is 13.8. The minimum atomic E-state index is 0.117. The highest BCUT2D eigenvalue weighted by Crippen LogP contribution is 2.19. The van der Waals surface area contributed by atoms with Gasteiger partial charge in [-0.25, -0.2) is 0 Å². The third-order valence-electron chi connectivity index (χ3n) is 2.30. The summed E-state index contributed by atoms with van der Waals surface area (Å²) in [7, 11) is 1.66. The van der Waals surface area contributed by atoms with Crippen LogP contribution in [0.25, 0.3) is 0 Å². The van der Waals surface area contributed by atoms with E-state index in [9.17, 15) is 0 Å². The molecule has 1 aromatic carbocycles. The van der Waals surface area contributed by atoms with Gasteiger partial charge < -0.3 is 14.8 Å². The Kier molecular flexibility index (Phi) is 4.82. The predicted molar refractivity (Wildman–Crippen MR) is 70.8 cm³/mol. The Bertz CT molecular complexity index is 344. The van der Waals surface area contributed by atoms with Crippen molar-refractivity contribution >= 4 is 0 Å². The number of hydrogen-bond donors (Lipinski definition) is 1. The average Bonchev–Trinajstić information content (AvgIpc) is 2.26. The van der Waals surface area contributed by atoms with Crippen LogP contribution in [0.2, 0.25) is 0 Å². The molecule has 96 valence electrons. The summed E-state index contributed by atoms with van der Waals surface area (Å²) in [5.41, 5.74) is 0.117. The summed E-state index contributed by atoms with van der Waals surface area (Å²) >= 11 is 0. The zero-order valence-corrected chi connectivity index (χ0v) is 11.4. The molecular formula is C14H23NO2. The fourth-order valence-corrected chi connectivity index (χ4v) is 1.40. The van der Waals surface area contributed by atoms with E-state index in [1.54, 1.807) is 7.11 Å². The molecule has 0 saturated carbocycles. The highest BCUT2D eigenvalue weighted by molar-refractivity contribution is 5.32.